The van der Waals surface area contributed by atoms with E-state index in [0.29, 0.717) is 28.9 Å². The highest BCUT2D eigenvalue weighted by atomic mass is 16.5. The zero-order valence-corrected chi connectivity index (χ0v) is 18.4. The maximum atomic E-state index is 12.7. The summed E-state index contributed by atoms with van der Waals surface area (Å²) in [5.74, 6) is 0.977. The number of phenolic OH excluding ortho intramolecular Hbond substituents is 1. The Hall–Kier alpha value is -3.84. The van der Waals surface area contributed by atoms with Crippen LogP contribution >= 0.6 is 0 Å². The minimum atomic E-state index is -0.461. The van der Waals surface area contributed by atoms with Crippen molar-refractivity contribution in [2.75, 3.05) is 38.2 Å². The molecular weight excluding hydrogens is 418 g/mol. The highest BCUT2D eigenvalue weighted by Crippen LogP contribution is 2.30. The largest absolute Gasteiger partial charge is 0.507 e. The number of fused-ring (bicyclic) bond motifs is 1. The third-order valence-electron chi connectivity index (χ3n) is 6.11. The fraction of sp³-hybridized carbons (Fsp3) is 0.231. The van der Waals surface area contributed by atoms with E-state index in [0.717, 1.165) is 43.0 Å². The Labute approximate surface area is 191 Å². The van der Waals surface area contributed by atoms with E-state index >= 15 is 0 Å². The van der Waals surface area contributed by atoms with Crippen molar-refractivity contribution < 1.29 is 14.3 Å². The Bertz CT molecular complexity index is 1310. The van der Waals surface area contributed by atoms with Crippen molar-refractivity contribution in [1.82, 2.24) is 9.88 Å². The van der Waals surface area contributed by atoms with Crippen LogP contribution in [0.4, 0.5) is 5.69 Å². The number of methoxy groups -OCH3 is 1. The summed E-state index contributed by atoms with van der Waals surface area (Å²) in [6.07, 6.45) is 1.65. The average molecular weight is 444 g/mol. The molecule has 4 aromatic rings. The second-order valence-electron chi connectivity index (χ2n) is 8.11. The monoisotopic (exact) mass is 443 g/mol. The fourth-order valence-electron chi connectivity index (χ4n) is 4.27. The van der Waals surface area contributed by atoms with Gasteiger partial charge in [-0.2, -0.15) is 0 Å². The van der Waals surface area contributed by atoms with E-state index in [2.05, 4.69) is 26.9 Å². The molecule has 0 atom stereocenters. The van der Waals surface area contributed by atoms with Gasteiger partial charge in [-0.05, 0) is 54.6 Å². The Morgan fingerprint density at radius 1 is 1.03 bits per heavy atom. The number of hydrogen-bond acceptors (Lipinski definition) is 7. The number of aromatic nitrogens is 1. The van der Waals surface area contributed by atoms with Gasteiger partial charge in [-0.1, -0.05) is 6.07 Å². The number of rotatable bonds is 5. The molecule has 0 radical (unpaired) electrons. The normalized spacial score (nSPS) is 14.5. The molecule has 7 nitrogen and oxygen atoms in total. The van der Waals surface area contributed by atoms with E-state index in [9.17, 15) is 9.90 Å². The second kappa shape index (κ2) is 8.96. The molecule has 5 rings (SSSR count). The Morgan fingerprint density at radius 3 is 2.52 bits per heavy atom. The quantitative estimate of drug-likeness (QED) is 0.469. The van der Waals surface area contributed by atoms with Crippen molar-refractivity contribution in [3.05, 3.63) is 82.8 Å². The van der Waals surface area contributed by atoms with Crippen LogP contribution in [0, 0.1) is 0 Å². The standard InChI is InChI=1S/C26H25N3O4/c1-32-20-8-6-19(7-9-20)29-14-12-28(13-15-29)17-22-24(30)10-5-18-16-21(26(31)33-25(18)22)23-4-2-3-11-27-23/h2-11,16,30H,12-15,17H2,1H3. The summed E-state index contributed by atoms with van der Waals surface area (Å²) in [4.78, 5) is 21.6. The van der Waals surface area contributed by atoms with Gasteiger partial charge in [0.15, 0.2) is 0 Å². The van der Waals surface area contributed by atoms with E-state index in [4.69, 9.17) is 9.15 Å². The lowest BCUT2D eigenvalue weighted by Crippen LogP contribution is -2.46. The van der Waals surface area contributed by atoms with Gasteiger partial charge >= 0.3 is 5.63 Å². The van der Waals surface area contributed by atoms with E-state index < -0.39 is 5.63 Å². The number of aromatic hydroxyl groups is 1. The van der Waals surface area contributed by atoms with Gasteiger partial charge in [0.05, 0.1) is 23.9 Å². The number of pyridine rings is 1. The van der Waals surface area contributed by atoms with Crippen LogP contribution in [-0.2, 0) is 6.54 Å². The molecule has 0 amide bonds. The van der Waals surface area contributed by atoms with Crippen molar-refractivity contribution in [3.8, 4) is 22.8 Å². The highest BCUT2D eigenvalue weighted by molar-refractivity contribution is 5.85. The summed E-state index contributed by atoms with van der Waals surface area (Å²) in [5, 5.41) is 11.3. The van der Waals surface area contributed by atoms with Gasteiger partial charge in [-0.25, -0.2) is 4.79 Å². The minimum absolute atomic E-state index is 0.133. The third kappa shape index (κ3) is 4.27. The summed E-state index contributed by atoms with van der Waals surface area (Å²) < 4.78 is 11.0. The number of nitrogens with zero attached hydrogens (tertiary/aromatic N) is 3. The first kappa shape index (κ1) is 21.0. The summed E-state index contributed by atoms with van der Waals surface area (Å²) in [7, 11) is 1.66. The molecule has 2 aromatic heterocycles. The van der Waals surface area contributed by atoms with Gasteiger partial charge in [0.25, 0.3) is 0 Å². The number of hydrogen-bond donors (Lipinski definition) is 1. The average Bonchev–Trinajstić information content (AvgIpc) is 2.87. The van der Waals surface area contributed by atoms with E-state index in [1.807, 2.05) is 18.2 Å². The molecule has 3 heterocycles. The number of phenols is 1. The Morgan fingerprint density at radius 2 is 1.82 bits per heavy atom. The fourth-order valence-corrected chi connectivity index (χ4v) is 4.27. The van der Waals surface area contributed by atoms with Gasteiger partial charge in [0, 0.05) is 50.0 Å². The molecule has 33 heavy (non-hydrogen) atoms. The first-order chi connectivity index (χ1) is 16.1. The minimum Gasteiger partial charge on any atom is -0.507 e. The molecule has 1 aliphatic heterocycles. The van der Waals surface area contributed by atoms with Gasteiger partial charge in [-0.3, -0.25) is 9.88 Å². The maximum absolute atomic E-state index is 12.7. The number of benzene rings is 2. The number of anilines is 1. The molecular formula is C26H25N3O4. The van der Waals surface area contributed by atoms with Crippen molar-refractivity contribution in [2.24, 2.45) is 0 Å². The van der Waals surface area contributed by atoms with E-state index in [1.165, 1.54) is 0 Å². The van der Waals surface area contributed by atoms with Crippen molar-refractivity contribution >= 4 is 16.7 Å². The second-order valence-corrected chi connectivity index (χ2v) is 8.11. The van der Waals surface area contributed by atoms with Crippen LogP contribution in [0.15, 0.2) is 76.1 Å². The first-order valence-electron chi connectivity index (χ1n) is 10.9. The molecule has 1 N–H and O–H groups in total. The van der Waals surface area contributed by atoms with E-state index in [-0.39, 0.29) is 5.75 Å². The van der Waals surface area contributed by atoms with Crippen LogP contribution < -0.4 is 15.3 Å². The van der Waals surface area contributed by atoms with Gasteiger partial charge < -0.3 is 19.2 Å². The summed E-state index contributed by atoms with van der Waals surface area (Å²) in [6.45, 7) is 3.90. The van der Waals surface area contributed by atoms with Gasteiger partial charge in [-0.15, -0.1) is 0 Å². The lowest BCUT2D eigenvalue weighted by atomic mass is 10.1. The maximum Gasteiger partial charge on any atom is 0.345 e. The molecule has 1 fully saturated rings. The Balaban J connectivity index is 1.36. The first-order valence-corrected chi connectivity index (χ1v) is 10.9. The lowest BCUT2D eigenvalue weighted by Gasteiger charge is -2.36. The van der Waals surface area contributed by atoms with Crippen LogP contribution in [0.25, 0.3) is 22.2 Å². The van der Waals surface area contributed by atoms with Crippen molar-refractivity contribution in [2.45, 2.75) is 6.54 Å². The zero-order chi connectivity index (χ0) is 22.8. The smallest absolute Gasteiger partial charge is 0.345 e. The van der Waals surface area contributed by atoms with Crippen LogP contribution in [0.5, 0.6) is 11.5 Å². The molecule has 1 saturated heterocycles. The van der Waals surface area contributed by atoms with Gasteiger partial charge in [0.2, 0.25) is 0 Å². The number of piperazine rings is 1. The molecule has 0 bridgehead atoms. The summed E-state index contributed by atoms with van der Waals surface area (Å²) in [6, 6.07) is 18.7. The number of ether oxygens (including phenoxy) is 1. The van der Waals surface area contributed by atoms with Crippen LogP contribution in [0.2, 0.25) is 0 Å². The topological polar surface area (TPSA) is 79.0 Å². The van der Waals surface area contributed by atoms with Crippen molar-refractivity contribution in [3.63, 3.8) is 0 Å². The Kier molecular flexibility index (Phi) is 5.71. The van der Waals surface area contributed by atoms with Crippen LogP contribution in [0.1, 0.15) is 5.56 Å². The van der Waals surface area contributed by atoms with Gasteiger partial charge in [0.1, 0.15) is 17.1 Å². The summed E-state index contributed by atoms with van der Waals surface area (Å²) in [5.41, 5.74) is 2.74. The molecule has 1 aliphatic rings. The molecule has 0 spiro atoms. The zero-order valence-electron chi connectivity index (χ0n) is 18.4. The third-order valence-corrected chi connectivity index (χ3v) is 6.11. The lowest BCUT2D eigenvalue weighted by molar-refractivity contribution is 0.246. The van der Waals surface area contributed by atoms with Crippen molar-refractivity contribution in [1.29, 1.82) is 0 Å². The van der Waals surface area contributed by atoms with Crippen LogP contribution in [0.3, 0.4) is 0 Å². The molecule has 2 aromatic carbocycles. The molecule has 0 saturated carbocycles. The predicted molar refractivity (Wildman–Crippen MR) is 128 cm³/mol. The molecule has 168 valence electrons. The molecule has 0 aliphatic carbocycles. The molecule has 7 heteroatoms. The predicted octanol–water partition coefficient (Wildman–Crippen LogP) is 3.89. The van der Waals surface area contributed by atoms with Crippen LogP contribution in [-0.4, -0.2) is 48.3 Å². The molecule has 0 unspecified atom stereocenters. The highest BCUT2D eigenvalue weighted by Gasteiger charge is 2.21. The van der Waals surface area contributed by atoms with E-state index in [1.54, 1.807) is 43.6 Å². The SMILES string of the molecule is COc1ccc(N2CCN(Cc3c(O)ccc4cc(-c5ccccn5)c(=O)oc34)CC2)cc1. The summed E-state index contributed by atoms with van der Waals surface area (Å²) >= 11 is 0.